The third-order valence-corrected chi connectivity index (χ3v) is 4.64. The molecule has 0 radical (unpaired) electrons. The highest BCUT2D eigenvalue weighted by Crippen LogP contribution is 2.20. The number of nitrogens with one attached hydrogen (secondary N) is 2. The van der Waals surface area contributed by atoms with Crippen LogP contribution in [0.4, 0.5) is 0 Å². The first-order chi connectivity index (χ1) is 13.1. The van der Waals surface area contributed by atoms with Gasteiger partial charge >= 0.3 is 0 Å². The zero-order valence-electron chi connectivity index (χ0n) is 14.7. The molecular weight excluding hydrogens is 340 g/mol. The van der Waals surface area contributed by atoms with Gasteiger partial charge in [0, 0.05) is 13.0 Å². The number of hydrogen-bond donors (Lipinski definition) is 3. The van der Waals surface area contributed by atoms with Crippen molar-refractivity contribution in [2.24, 2.45) is 0 Å². The molecule has 136 valence electrons. The van der Waals surface area contributed by atoms with Gasteiger partial charge in [0.25, 0.3) is 0 Å². The summed E-state index contributed by atoms with van der Waals surface area (Å²) < 4.78 is 0. The van der Waals surface area contributed by atoms with Gasteiger partial charge in [-0.3, -0.25) is 4.79 Å². The number of carbonyl (C=O) groups excluding carboxylic acids is 1. The highest BCUT2D eigenvalue weighted by atomic mass is 16.3. The van der Waals surface area contributed by atoms with Gasteiger partial charge in [0.2, 0.25) is 5.91 Å². The van der Waals surface area contributed by atoms with E-state index in [1.165, 1.54) is 0 Å². The predicted molar refractivity (Wildman–Crippen MR) is 100 cm³/mol. The summed E-state index contributed by atoms with van der Waals surface area (Å²) in [7, 11) is 0. The first kappa shape index (κ1) is 18.6. The number of hydrogen-bond acceptors (Lipinski definition) is 5. The van der Waals surface area contributed by atoms with Crippen molar-refractivity contribution < 1.29 is 9.90 Å². The van der Waals surface area contributed by atoms with E-state index in [4.69, 9.17) is 5.26 Å². The van der Waals surface area contributed by atoms with Crippen molar-refractivity contribution >= 4 is 5.91 Å². The number of rotatable bonds is 5. The number of nitrogens with zero attached hydrogens (tertiary/aromatic N) is 2. The molecule has 1 aliphatic heterocycles. The monoisotopic (exact) mass is 360 g/mol. The van der Waals surface area contributed by atoms with Crippen LogP contribution in [0.2, 0.25) is 0 Å². The molecule has 0 spiro atoms. The molecule has 2 aromatic carbocycles. The van der Waals surface area contributed by atoms with Gasteiger partial charge in [-0.2, -0.15) is 10.5 Å². The Kier molecular flexibility index (Phi) is 5.83. The van der Waals surface area contributed by atoms with Crippen LogP contribution in [0.15, 0.2) is 48.5 Å². The summed E-state index contributed by atoms with van der Waals surface area (Å²) in [6, 6.07) is 18.3. The quantitative estimate of drug-likeness (QED) is 0.749. The molecule has 3 rings (SSSR count). The van der Waals surface area contributed by atoms with E-state index in [2.05, 4.69) is 22.8 Å². The van der Waals surface area contributed by atoms with Crippen LogP contribution in [-0.2, 0) is 11.2 Å². The van der Waals surface area contributed by atoms with Crippen molar-refractivity contribution in [2.45, 2.75) is 31.0 Å². The average molecular weight is 360 g/mol. The van der Waals surface area contributed by atoms with E-state index in [-0.39, 0.29) is 5.91 Å². The van der Waals surface area contributed by atoms with Crippen LogP contribution in [0.3, 0.4) is 0 Å². The molecule has 2 aromatic rings. The van der Waals surface area contributed by atoms with Gasteiger partial charge in [-0.1, -0.05) is 36.4 Å². The number of aliphatic hydroxyl groups is 1. The summed E-state index contributed by atoms with van der Waals surface area (Å²) >= 11 is 0. The van der Waals surface area contributed by atoms with E-state index < -0.39 is 18.2 Å². The zero-order chi connectivity index (χ0) is 19.2. The molecule has 1 saturated heterocycles. The van der Waals surface area contributed by atoms with E-state index in [1.807, 2.05) is 36.4 Å². The Hall–Kier alpha value is -3.19. The standard InChI is InChI=1S/C21H20N4O2/c22-11-15-3-7-17(8-4-15)16-5-1-14(2-6-16)9-18(12-23)25-21(27)20-10-19(26)13-24-20/h1-8,18-20,24,26H,9-10,13H2,(H,25,27)/t18-,19+,20-/m0/s1. The minimum Gasteiger partial charge on any atom is -0.392 e. The second-order valence-corrected chi connectivity index (χ2v) is 6.63. The molecular formula is C21H20N4O2. The summed E-state index contributed by atoms with van der Waals surface area (Å²) in [6.07, 6.45) is 0.255. The van der Waals surface area contributed by atoms with Crippen molar-refractivity contribution in [1.29, 1.82) is 10.5 Å². The number of benzene rings is 2. The summed E-state index contributed by atoms with van der Waals surface area (Å²) in [4.78, 5) is 12.2. The molecule has 6 nitrogen and oxygen atoms in total. The molecule has 0 unspecified atom stereocenters. The Balaban J connectivity index is 1.61. The van der Waals surface area contributed by atoms with E-state index in [0.717, 1.165) is 16.7 Å². The van der Waals surface area contributed by atoms with Crippen LogP contribution in [0.5, 0.6) is 0 Å². The zero-order valence-corrected chi connectivity index (χ0v) is 14.7. The third kappa shape index (κ3) is 4.71. The maximum Gasteiger partial charge on any atom is 0.238 e. The van der Waals surface area contributed by atoms with Gasteiger partial charge in [-0.15, -0.1) is 0 Å². The third-order valence-electron chi connectivity index (χ3n) is 4.64. The van der Waals surface area contributed by atoms with E-state index in [0.29, 0.717) is 24.9 Å². The number of aliphatic hydroxyl groups excluding tert-OH is 1. The van der Waals surface area contributed by atoms with Gasteiger partial charge in [0.1, 0.15) is 6.04 Å². The average Bonchev–Trinajstić information content (AvgIpc) is 3.14. The van der Waals surface area contributed by atoms with E-state index >= 15 is 0 Å². The molecule has 3 N–H and O–H groups in total. The maximum absolute atomic E-state index is 12.2. The van der Waals surface area contributed by atoms with Crippen LogP contribution < -0.4 is 10.6 Å². The normalized spacial score (nSPS) is 19.7. The highest BCUT2D eigenvalue weighted by Gasteiger charge is 2.29. The van der Waals surface area contributed by atoms with Gasteiger partial charge in [-0.25, -0.2) is 0 Å². The van der Waals surface area contributed by atoms with E-state index in [1.54, 1.807) is 12.1 Å². The molecule has 0 aromatic heterocycles. The molecule has 27 heavy (non-hydrogen) atoms. The number of nitriles is 2. The van der Waals surface area contributed by atoms with E-state index in [9.17, 15) is 15.2 Å². The molecule has 0 bridgehead atoms. The minimum atomic E-state index is -0.627. The lowest BCUT2D eigenvalue weighted by Crippen LogP contribution is -2.45. The van der Waals surface area contributed by atoms with Crippen molar-refractivity contribution in [2.75, 3.05) is 6.54 Å². The van der Waals surface area contributed by atoms with Gasteiger partial charge < -0.3 is 15.7 Å². The van der Waals surface area contributed by atoms with Crippen molar-refractivity contribution in [3.05, 3.63) is 59.7 Å². The molecule has 0 aliphatic carbocycles. The fraction of sp³-hybridized carbons (Fsp3) is 0.286. The van der Waals surface area contributed by atoms with Gasteiger partial charge in [0.05, 0.1) is 29.8 Å². The van der Waals surface area contributed by atoms with Crippen LogP contribution in [-0.4, -0.2) is 35.7 Å². The second-order valence-electron chi connectivity index (χ2n) is 6.63. The van der Waals surface area contributed by atoms with Crippen LogP contribution >= 0.6 is 0 Å². The van der Waals surface area contributed by atoms with Crippen molar-refractivity contribution in [1.82, 2.24) is 10.6 Å². The first-order valence-corrected chi connectivity index (χ1v) is 8.80. The largest absolute Gasteiger partial charge is 0.392 e. The summed E-state index contributed by atoms with van der Waals surface area (Å²) in [5.41, 5.74) is 3.59. The van der Waals surface area contributed by atoms with Gasteiger partial charge in [0.15, 0.2) is 0 Å². The lowest BCUT2D eigenvalue weighted by molar-refractivity contribution is -0.123. The predicted octanol–water partition coefficient (Wildman–Crippen LogP) is 1.50. The minimum absolute atomic E-state index is 0.257. The summed E-state index contributed by atoms with van der Waals surface area (Å²) in [5, 5.41) is 33.4. The fourth-order valence-corrected chi connectivity index (χ4v) is 3.12. The first-order valence-electron chi connectivity index (χ1n) is 8.80. The summed E-state index contributed by atoms with van der Waals surface area (Å²) in [6.45, 7) is 0.395. The number of amides is 1. The highest BCUT2D eigenvalue weighted by molar-refractivity contribution is 5.82. The number of β-amino-alcohol motifs (C(OH)–C–C–N with tert-alkyl or cyclic N) is 1. The Morgan fingerprint density at radius 3 is 2.30 bits per heavy atom. The topological polar surface area (TPSA) is 109 Å². The molecule has 1 amide bonds. The Morgan fingerprint density at radius 1 is 1.15 bits per heavy atom. The lowest BCUT2D eigenvalue weighted by atomic mass is 10.00. The lowest BCUT2D eigenvalue weighted by Gasteiger charge is -2.15. The molecule has 6 heteroatoms. The Bertz CT molecular complexity index is 878. The van der Waals surface area contributed by atoms with Crippen LogP contribution in [0, 0.1) is 22.7 Å². The molecule has 1 fully saturated rings. The molecule has 0 saturated carbocycles. The molecule has 1 aliphatic rings. The SMILES string of the molecule is N#Cc1ccc(-c2ccc(C[C@@H](C#N)NC(=O)[C@@H]3C[C@@H](O)CN3)cc2)cc1. The van der Waals surface area contributed by atoms with Crippen molar-refractivity contribution in [3.8, 4) is 23.3 Å². The number of carbonyl (C=O) groups is 1. The Labute approximate surface area is 158 Å². The van der Waals surface area contributed by atoms with Crippen LogP contribution in [0.1, 0.15) is 17.5 Å². The Morgan fingerprint density at radius 2 is 1.78 bits per heavy atom. The van der Waals surface area contributed by atoms with Crippen molar-refractivity contribution in [3.63, 3.8) is 0 Å². The second kappa shape index (κ2) is 8.46. The summed E-state index contributed by atoms with van der Waals surface area (Å²) in [5.74, 6) is -0.257. The van der Waals surface area contributed by atoms with Gasteiger partial charge in [-0.05, 0) is 35.2 Å². The molecule has 3 atom stereocenters. The fourth-order valence-electron chi connectivity index (χ4n) is 3.12. The molecule has 1 heterocycles. The maximum atomic E-state index is 12.2. The smallest absolute Gasteiger partial charge is 0.238 e. The van der Waals surface area contributed by atoms with Crippen LogP contribution in [0.25, 0.3) is 11.1 Å².